The molecular formula is C19H15ClN2O2S. The first-order valence-corrected chi connectivity index (χ1v) is 9.34. The Morgan fingerprint density at radius 1 is 0.800 bits per heavy atom. The highest BCUT2D eigenvalue weighted by molar-refractivity contribution is 7.90. The number of nitrogens with one attached hydrogen (secondary N) is 1. The van der Waals surface area contributed by atoms with Gasteiger partial charge >= 0.3 is 0 Å². The molecule has 0 amide bonds. The molecule has 0 radical (unpaired) electrons. The van der Waals surface area contributed by atoms with E-state index >= 15 is 0 Å². The molecule has 0 bridgehead atoms. The molecule has 25 heavy (non-hydrogen) atoms. The van der Waals surface area contributed by atoms with Crippen LogP contribution >= 0.6 is 11.6 Å². The van der Waals surface area contributed by atoms with E-state index in [1.807, 2.05) is 30.3 Å². The largest absolute Gasteiger partial charge is 0.339 e. The maximum atomic E-state index is 12.6. The fourth-order valence-electron chi connectivity index (χ4n) is 2.18. The van der Waals surface area contributed by atoms with E-state index in [4.69, 9.17) is 11.6 Å². The van der Waals surface area contributed by atoms with E-state index in [9.17, 15) is 8.42 Å². The van der Waals surface area contributed by atoms with Crippen molar-refractivity contribution in [3.8, 4) is 0 Å². The van der Waals surface area contributed by atoms with Gasteiger partial charge in [-0.25, -0.2) is 0 Å². The lowest BCUT2D eigenvalue weighted by Crippen LogP contribution is -2.16. The number of hydrogen-bond donors (Lipinski definition) is 1. The number of halogens is 1. The molecule has 6 heteroatoms. The Morgan fingerprint density at radius 2 is 1.36 bits per heavy atom. The van der Waals surface area contributed by atoms with Gasteiger partial charge in [0, 0.05) is 16.3 Å². The van der Waals surface area contributed by atoms with Crippen LogP contribution in [0.4, 0.5) is 5.69 Å². The molecule has 0 unspecified atom stereocenters. The quantitative estimate of drug-likeness (QED) is 0.540. The second-order valence-electron chi connectivity index (χ2n) is 5.23. The molecule has 0 spiro atoms. The van der Waals surface area contributed by atoms with Gasteiger partial charge in [-0.2, -0.15) is 8.42 Å². The van der Waals surface area contributed by atoms with Gasteiger partial charge in [0.25, 0.3) is 10.0 Å². The summed E-state index contributed by atoms with van der Waals surface area (Å²) in [6.07, 6.45) is 0. The SMILES string of the molecule is O=S(=O)(/N=C(\Nc1ccccc1)c1ccc(Cl)cc1)c1ccccc1. The lowest BCUT2D eigenvalue weighted by molar-refractivity contribution is 0.598. The molecule has 0 aliphatic heterocycles. The van der Waals surface area contributed by atoms with Crippen molar-refractivity contribution in [3.63, 3.8) is 0 Å². The summed E-state index contributed by atoms with van der Waals surface area (Å²) in [7, 11) is -3.85. The number of anilines is 1. The normalized spacial score (nSPS) is 12.0. The molecule has 0 aliphatic carbocycles. The summed E-state index contributed by atoms with van der Waals surface area (Å²) < 4.78 is 29.2. The van der Waals surface area contributed by atoms with Crippen molar-refractivity contribution in [1.29, 1.82) is 0 Å². The van der Waals surface area contributed by atoms with Gasteiger partial charge in [0.05, 0.1) is 4.90 Å². The number of para-hydroxylation sites is 1. The third-order valence-electron chi connectivity index (χ3n) is 3.41. The van der Waals surface area contributed by atoms with Crippen LogP contribution in [-0.4, -0.2) is 14.3 Å². The Labute approximate surface area is 151 Å². The van der Waals surface area contributed by atoms with Crippen LogP contribution in [0, 0.1) is 0 Å². The zero-order valence-electron chi connectivity index (χ0n) is 13.1. The predicted molar refractivity (Wildman–Crippen MR) is 102 cm³/mol. The summed E-state index contributed by atoms with van der Waals surface area (Å²) in [6, 6.07) is 24.2. The minimum Gasteiger partial charge on any atom is -0.339 e. The van der Waals surface area contributed by atoms with E-state index in [0.29, 0.717) is 10.6 Å². The van der Waals surface area contributed by atoms with Gasteiger partial charge in [0.2, 0.25) is 0 Å². The standard InChI is InChI=1S/C19H15ClN2O2S/c20-16-13-11-15(12-14-16)19(21-17-7-3-1-4-8-17)22-25(23,24)18-9-5-2-6-10-18/h1-14H,(H,21,22). The van der Waals surface area contributed by atoms with Crippen LogP contribution in [0.15, 0.2) is 94.2 Å². The molecule has 1 N–H and O–H groups in total. The van der Waals surface area contributed by atoms with E-state index in [-0.39, 0.29) is 10.7 Å². The number of benzene rings is 3. The van der Waals surface area contributed by atoms with Gasteiger partial charge in [-0.05, 0) is 48.5 Å². The molecule has 0 aromatic heterocycles. The van der Waals surface area contributed by atoms with Gasteiger partial charge in [0.1, 0.15) is 0 Å². The topological polar surface area (TPSA) is 58.5 Å². The number of nitrogens with zero attached hydrogens (tertiary/aromatic N) is 1. The fraction of sp³-hybridized carbons (Fsp3) is 0. The summed E-state index contributed by atoms with van der Waals surface area (Å²) in [6.45, 7) is 0. The van der Waals surface area contributed by atoms with Gasteiger partial charge in [-0.3, -0.25) is 0 Å². The van der Waals surface area contributed by atoms with Gasteiger partial charge in [-0.1, -0.05) is 48.0 Å². The molecule has 0 fully saturated rings. The van der Waals surface area contributed by atoms with Crippen molar-refractivity contribution >= 4 is 33.1 Å². The zero-order chi connectivity index (χ0) is 17.7. The molecule has 0 heterocycles. The van der Waals surface area contributed by atoms with Crippen molar-refractivity contribution in [1.82, 2.24) is 0 Å². The molecule has 126 valence electrons. The molecule has 3 aromatic carbocycles. The van der Waals surface area contributed by atoms with E-state index < -0.39 is 10.0 Å². The van der Waals surface area contributed by atoms with Crippen LogP contribution in [0.25, 0.3) is 0 Å². The minimum atomic E-state index is -3.85. The Hall–Kier alpha value is -2.63. The number of amidine groups is 1. The van der Waals surface area contributed by atoms with Crippen molar-refractivity contribution in [2.45, 2.75) is 4.90 Å². The summed E-state index contributed by atoms with van der Waals surface area (Å²) in [4.78, 5) is 0.135. The Morgan fingerprint density at radius 3 is 1.96 bits per heavy atom. The highest BCUT2D eigenvalue weighted by Crippen LogP contribution is 2.17. The van der Waals surface area contributed by atoms with Crippen LogP contribution < -0.4 is 5.32 Å². The van der Waals surface area contributed by atoms with E-state index in [0.717, 1.165) is 5.69 Å². The first kappa shape index (κ1) is 17.2. The molecule has 3 aromatic rings. The molecule has 4 nitrogen and oxygen atoms in total. The highest BCUT2D eigenvalue weighted by atomic mass is 35.5. The smallest absolute Gasteiger partial charge is 0.284 e. The Kier molecular flexibility index (Phi) is 5.16. The van der Waals surface area contributed by atoms with Crippen molar-refractivity contribution in [3.05, 3.63) is 95.5 Å². The number of rotatable bonds is 4. The fourth-order valence-corrected chi connectivity index (χ4v) is 3.30. The van der Waals surface area contributed by atoms with Gasteiger partial charge in [0.15, 0.2) is 5.84 Å². The average Bonchev–Trinajstić information content (AvgIpc) is 2.63. The molecular weight excluding hydrogens is 356 g/mol. The van der Waals surface area contributed by atoms with Crippen LogP contribution in [0.1, 0.15) is 5.56 Å². The molecule has 0 atom stereocenters. The monoisotopic (exact) mass is 370 g/mol. The molecule has 0 saturated carbocycles. The maximum Gasteiger partial charge on any atom is 0.284 e. The van der Waals surface area contributed by atoms with Crippen LogP contribution in [-0.2, 0) is 10.0 Å². The summed E-state index contributed by atoms with van der Waals surface area (Å²) in [5.74, 6) is 0.228. The molecule has 3 rings (SSSR count). The van der Waals surface area contributed by atoms with Crippen molar-refractivity contribution < 1.29 is 8.42 Å². The predicted octanol–water partition coefficient (Wildman–Crippen LogP) is 4.59. The maximum absolute atomic E-state index is 12.6. The lowest BCUT2D eigenvalue weighted by Gasteiger charge is -2.11. The molecule has 0 saturated heterocycles. The summed E-state index contributed by atoms with van der Waals surface area (Å²) in [5.41, 5.74) is 1.35. The first-order chi connectivity index (χ1) is 12.0. The highest BCUT2D eigenvalue weighted by Gasteiger charge is 2.15. The Bertz CT molecular complexity index is 971. The van der Waals surface area contributed by atoms with Crippen molar-refractivity contribution in [2.24, 2.45) is 4.40 Å². The third-order valence-corrected chi connectivity index (χ3v) is 4.95. The van der Waals surface area contributed by atoms with Crippen LogP contribution in [0.2, 0.25) is 5.02 Å². The second-order valence-corrected chi connectivity index (χ2v) is 7.27. The summed E-state index contributed by atoms with van der Waals surface area (Å²) in [5, 5.41) is 3.63. The number of hydrogen-bond acceptors (Lipinski definition) is 2. The van der Waals surface area contributed by atoms with E-state index in [1.165, 1.54) is 12.1 Å². The number of sulfonamides is 1. The summed E-state index contributed by atoms with van der Waals surface area (Å²) >= 11 is 5.93. The lowest BCUT2D eigenvalue weighted by atomic mass is 10.2. The van der Waals surface area contributed by atoms with Gasteiger partial charge in [-0.15, -0.1) is 4.40 Å². The average molecular weight is 371 g/mol. The molecule has 0 aliphatic rings. The third kappa shape index (κ3) is 4.47. The first-order valence-electron chi connectivity index (χ1n) is 7.53. The minimum absolute atomic E-state index is 0.135. The van der Waals surface area contributed by atoms with Crippen LogP contribution in [0.5, 0.6) is 0 Å². The van der Waals surface area contributed by atoms with E-state index in [2.05, 4.69) is 9.71 Å². The van der Waals surface area contributed by atoms with Crippen LogP contribution in [0.3, 0.4) is 0 Å². The van der Waals surface area contributed by atoms with E-state index in [1.54, 1.807) is 42.5 Å². The van der Waals surface area contributed by atoms with Gasteiger partial charge < -0.3 is 5.32 Å². The zero-order valence-corrected chi connectivity index (χ0v) is 14.7. The second kappa shape index (κ2) is 7.51. The van der Waals surface area contributed by atoms with Crippen molar-refractivity contribution in [2.75, 3.05) is 5.32 Å². The Balaban J connectivity index is 2.05.